The molecule has 25 heavy (non-hydrogen) atoms. The first-order chi connectivity index (χ1) is 11.9. The van der Waals surface area contributed by atoms with Gasteiger partial charge in [0.25, 0.3) is 5.91 Å². The second-order valence-electron chi connectivity index (χ2n) is 5.31. The predicted molar refractivity (Wildman–Crippen MR) is 96.6 cm³/mol. The van der Waals surface area contributed by atoms with Crippen molar-refractivity contribution in [3.05, 3.63) is 75.8 Å². The van der Waals surface area contributed by atoms with Gasteiger partial charge in [-0.15, -0.1) is 0 Å². The van der Waals surface area contributed by atoms with Gasteiger partial charge in [-0.1, -0.05) is 23.2 Å². The maximum atomic E-state index is 13.0. The van der Waals surface area contributed by atoms with Crippen molar-refractivity contribution in [2.75, 3.05) is 5.32 Å². The molecule has 4 nitrogen and oxygen atoms in total. The zero-order valence-corrected chi connectivity index (χ0v) is 14.6. The number of nitrogens with one attached hydrogen (secondary N) is 1. The van der Waals surface area contributed by atoms with Crippen molar-refractivity contribution in [1.29, 1.82) is 0 Å². The smallest absolute Gasteiger partial charge is 0.259 e. The number of amides is 1. The fraction of sp³-hybridized carbons (Fsp3) is 0.0556. The highest BCUT2D eigenvalue weighted by Gasteiger charge is 2.13. The summed E-state index contributed by atoms with van der Waals surface area (Å²) in [5.74, 6) is -0.294. The summed E-state index contributed by atoms with van der Waals surface area (Å²) in [7, 11) is 0. The van der Waals surface area contributed by atoms with Gasteiger partial charge >= 0.3 is 0 Å². The fourth-order valence-corrected chi connectivity index (χ4v) is 2.78. The minimum Gasteiger partial charge on any atom is -0.322 e. The number of hydrogen-bond donors (Lipinski definition) is 1. The molecule has 3 rings (SSSR count). The van der Waals surface area contributed by atoms with Gasteiger partial charge in [-0.05, 0) is 49.4 Å². The van der Waals surface area contributed by atoms with Crippen LogP contribution >= 0.6 is 23.2 Å². The van der Waals surface area contributed by atoms with Crippen LogP contribution in [0.4, 0.5) is 10.1 Å². The third-order valence-corrected chi connectivity index (χ3v) is 3.88. The van der Waals surface area contributed by atoms with Crippen LogP contribution in [0.1, 0.15) is 16.1 Å². The highest BCUT2D eigenvalue weighted by Crippen LogP contribution is 2.23. The largest absolute Gasteiger partial charge is 0.322 e. The van der Waals surface area contributed by atoms with Crippen LogP contribution in [-0.2, 0) is 0 Å². The van der Waals surface area contributed by atoms with Crippen LogP contribution in [0.5, 0.6) is 0 Å². The van der Waals surface area contributed by atoms with E-state index in [2.05, 4.69) is 15.3 Å². The third kappa shape index (κ3) is 4.13. The topological polar surface area (TPSA) is 54.9 Å². The number of carbonyl (C=O) groups is 1. The van der Waals surface area contributed by atoms with E-state index in [4.69, 9.17) is 23.2 Å². The molecule has 0 aliphatic rings. The van der Waals surface area contributed by atoms with E-state index in [0.717, 1.165) is 0 Å². The average molecular weight is 376 g/mol. The molecule has 1 heterocycles. The highest BCUT2D eigenvalue weighted by molar-refractivity contribution is 6.35. The molecule has 0 aliphatic carbocycles. The summed E-state index contributed by atoms with van der Waals surface area (Å²) in [6.45, 7) is 1.70. The Kier molecular flexibility index (Phi) is 4.97. The van der Waals surface area contributed by atoms with Gasteiger partial charge in [0.1, 0.15) is 5.82 Å². The lowest BCUT2D eigenvalue weighted by Gasteiger charge is -2.09. The molecule has 0 atom stereocenters. The van der Waals surface area contributed by atoms with Crippen molar-refractivity contribution in [1.82, 2.24) is 9.97 Å². The summed E-state index contributed by atoms with van der Waals surface area (Å²) in [5, 5.41) is 3.55. The highest BCUT2D eigenvalue weighted by atomic mass is 35.5. The van der Waals surface area contributed by atoms with Gasteiger partial charge in [0, 0.05) is 27.5 Å². The van der Waals surface area contributed by atoms with Gasteiger partial charge in [0.05, 0.1) is 11.3 Å². The van der Waals surface area contributed by atoms with Crippen molar-refractivity contribution in [3.8, 4) is 11.4 Å². The summed E-state index contributed by atoms with van der Waals surface area (Å²) in [6, 6.07) is 10.6. The van der Waals surface area contributed by atoms with E-state index in [-0.39, 0.29) is 11.7 Å². The van der Waals surface area contributed by atoms with Crippen LogP contribution in [-0.4, -0.2) is 15.9 Å². The molecular weight excluding hydrogens is 364 g/mol. The van der Waals surface area contributed by atoms with Crippen LogP contribution in [0.3, 0.4) is 0 Å². The summed E-state index contributed by atoms with van der Waals surface area (Å²) in [6.07, 6.45) is 1.43. The van der Waals surface area contributed by atoms with Crippen LogP contribution in [0, 0.1) is 12.7 Å². The number of rotatable bonds is 3. The number of aryl methyl sites for hydroxylation is 1. The van der Waals surface area contributed by atoms with Crippen molar-refractivity contribution in [2.45, 2.75) is 6.92 Å². The molecule has 0 unspecified atom stereocenters. The minimum atomic E-state index is -0.374. The number of carbonyl (C=O) groups excluding carboxylic acids is 1. The first-order valence-corrected chi connectivity index (χ1v) is 8.05. The predicted octanol–water partition coefficient (Wildman–Crippen LogP) is 5.15. The quantitative estimate of drug-likeness (QED) is 0.688. The van der Waals surface area contributed by atoms with E-state index in [1.807, 2.05) is 0 Å². The zero-order chi connectivity index (χ0) is 18.0. The first-order valence-electron chi connectivity index (χ1n) is 7.29. The Hall–Kier alpha value is -2.50. The van der Waals surface area contributed by atoms with Gasteiger partial charge in [-0.3, -0.25) is 4.79 Å². The molecule has 0 saturated carbocycles. The van der Waals surface area contributed by atoms with E-state index in [1.54, 1.807) is 37.3 Å². The van der Waals surface area contributed by atoms with Crippen LogP contribution in [0.25, 0.3) is 11.4 Å². The Balaban J connectivity index is 1.85. The standard InChI is InChI=1S/C18H12Cl2FN3O/c1-10-16(18(25)24-15-7-12(19)6-13(20)8-15)9-22-17(23-10)11-2-4-14(21)5-3-11/h2-9H,1H3,(H,24,25). The fourth-order valence-electron chi connectivity index (χ4n) is 2.25. The molecule has 0 saturated heterocycles. The molecular formula is C18H12Cl2FN3O. The molecule has 126 valence electrons. The lowest BCUT2D eigenvalue weighted by atomic mass is 10.1. The van der Waals surface area contributed by atoms with Gasteiger partial charge in [0.2, 0.25) is 0 Å². The number of benzene rings is 2. The SMILES string of the molecule is Cc1nc(-c2ccc(F)cc2)ncc1C(=O)Nc1cc(Cl)cc(Cl)c1. The summed E-state index contributed by atoms with van der Waals surface area (Å²) in [5.41, 5.74) is 1.96. The van der Waals surface area contributed by atoms with E-state index in [0.29, 0.717) is 38.4 Å². The number of hydrogen-bond acceptors (Lipinski definition) is 3. The molecule has 2 aromatic carbocycles. The number of halogens is 3. The molecule has 3 aromatic rings. The van der Waals surface area contributed by atoms with Crippen molar-refractivity contribution in [2.24, 2.45) is 0 Å². The Bertz CT molecular complexity index is 925. The molecule has 1 N–H and O–H groups in total. The Morgan fingerprint density at radius 3 is 2.32 bits per heavy atom. The van der Waals surface area contributed by atoms with Crippen molar-refractivity contribution >= 4 is 34.8 Å². The van der Waals surface area contributed by atoms with Crippen LogP contribution < -0.4 is 5.32 Å². The summed E-state index contributed by atoms with van der Waals surface area (Å²) < 4.78 is 13.0. The lowest BCUT2D eigenvalue weighted by Crippen LogP contribution is -2.15. The molecule has 0 spiro atoms. The Morgan fingerprint density at radius 2 is 1.72 bits per heavy atom. The average Bonchev–Trinajstić information content (AvgIpc) is 2.54. The maximum Gasteiger partial charge on any atom is 0.259 e. The van der Waals surface area contributed by atoms with Crippen molar-refractivity contribution in [3.63, 3.8) is 0 Å². The molecule has 0 fully saturated rings. The molecule has 0 aliphatic heterocycles. The van der Waals surface area contributed by atoms with Crippen LogP contribution in [0.2, 0.25) is 10.0 Å². The normalized spacial score (nSPS) is 10.6. The molecule has 7 heteroatoms. The van der Waals surface area contributed by atoms with Gasteiger partial charge in [-0.25, -0.2) is 14.4 Å². The number of aromatic nitrogens is 2. The number of nitrogens with zero attached hydrogens (tertiary/aromatic N) is 2. The number of anilines is 1. The third-order valence-electron chi connectivity index (χ3n) is 3.45. The van der Waals surface area contributed by atoms with E-state index in [9.17, 15) is 9.18 Å². The van der Waals surface area contributed by atoms with E-state index in [1.165, 1.54) is 18.3 Å². The molecule has 1 aromatic heterocycles. The maximum absolute atomic E-state index is 13.0. The molecule has 1 amide bonds. The van der Waals surface area contributed by atoms with Gasteiger partial charge in [-0.2, -0.15) is 0 Å². The van der Waals surface area contributed by atoms with E-state index >= 15 is 0 Å². The summed E-state index contributed by atoms with van der Waals surface area (Å²) >= 11 is 11.8. The molecule has 0 bridgehead atoms. The Labute approximate surface area is 153 Å². The van der Waals surface area contributed by atoms with E-state index < -0.39 is 0 Å². The monoisotopic (exact) mass is 375 g/mol. The second kappa shape index (κ2) is 7.17. The summed E-state index contributed by atoms with van der Waals surface area (Å²) in [4.78, 5) is 20.9. The molecule has 0 radical (unpaired) electrons. The van der Waals surface area contributed by atoms with Gasteiger partial charge < -0.3 is 5.32 Å². The minimum absolute atomic E-state index is 0.321. The Morgan fingerprint density at radius 1 is 1.08 bits per heavy atom. The lowest BCUT2D eigenvalue weighted by molar-refractivity contribution is 0.102. The zero-order valence-electron chi connectivity index (χ0n) is 13.1. The first kappa shape index (κ1) is 17.3. The van der Waals surface area contributed by atoms with Crippen LogP contribution in [0.15, 0.2) is 48.7 Å². The second-order valence-corrected chi connectivity index (χ2v) is 6.18. The van der Waals surface area contributed by atoms with Gasteiger partial charge in [0.15, 0.2) is 5.82 Å². The van der Waals surface area contributed by atoms with Crippen molar-refractivity contribution < 1.29 is 9.18 Å².